The second kappa shape index (κ2) is 66.8. The highest BCUT2D eigenvalue weighted by molar-refractivity contribution is 5.76. The van der Waals surface area contributed by atoms with Gasteiger partial charge in [-0.3, -0.25) is 4.79 Å². The van der Waals surface area contributed by atoms with Crippen LogP contribution in [0.25, 0.3) is 0 Å². The molecule has 4 nitrogen and oxygen atoms in total. The number of hydrogen-bond donors (Lipinski definition) is 3. The molecule has 0 aliphatic carbocycles. The summed E-state index contributed by atoms with van der Waals surface area (Å²) in [6.07, 6.45) is 98.1. The Hall–Kier alpha value is -2.43. The summed E-state index contributed by atoms with van der Waals surface area (Å²) >= 11 is 0. The number of aliphatic hydroxyl groups excluding tert-OH is 2. The summed E-state index contributed by atoms with van der Waals surface area (Å²) in [5.41, 5.74) is 0. The first-order chi connectivity index (χ1) is 37.7. The number of unbranched alkanes of at least 4 members (excludes halogenated alkanes) is 43. The fourth-order valence-corrected chi connectivity index (χ4v) is 10.3. The van der Waals surface area contributed by atoms with E-state index in [0.717, 1.165) is 64.2 Å². The van der Waals surface area contributed by atoms with E-state index in [4.69, 9.17) is 0 Å². The first-order valence-corrected chi connectivity index (χ1v) is 33.8. The standard InChI is InChI=1S/C72H131NO3/c1-3-5-7-9-11-13-15-17-19-21-23-25-27-28-29-30-31-32-33-34-35-36-37-38-39-40-41-42-43-44-46-48-50-52-54-56-58-60-62-64-66-68-72(76)73-70(69-74)71(75)67-65-63-61-59-57-55-53-51-49-47-45-26-24-22-20-18-16-14-12-10-8-6-4-2/h5,7,11,13,17,19,23,25,49,51,57,59,65,67,70-71,74-75H,3-4,6,8-10,12,14-16,18,20-22,24,26-48,50,52-56,58,60-64,66,68-69H2,1-2H3,(H,73,76)/b7-5-,13-11-,19-17-,25-23-,51-49+,59-57+,67-65+. The molecule has 0 saturated heterocycles. The zero-order chi connectivity index (χ0) is 54.8. The molecule has 3 N–H and O–H groups in total. The first kappa shape index (κ1) is 73.6. The summed E-state index contributed by atoms with van der Waals surface area (Å²) in [7, 11) is 0. The zero-order valence-electron chi connectivity index (χ0n) is 51.0. The van der Waals surface area contributed by atoms with Crippen molar-refractivity contribution in [3.8, 4) is 0 Å². The van der Waals surface area contributed by atoms with Crippen molar-refractivity contribution in [2.75, 3.05) is 6.61 Å². The van der Waals surface area contributed by atoms with E-state index >= 15 is 0 Å². The largest absolute Gasteiger partial charge is 0.394 e. The zero-order valence-corrected chi connectivity index (χ0v) is 51.0. The maximum Gasteiger partial charge on any atom is 0.220 e. The van der Waals surface area contributed by atoms with Crippen LogP contribution in [0.4, 0.5) is 0 Å². The smallest absolute Gasteiger partial charge is 0.220 e. The monoisotopic (exact) mass is 1060 g/mol. The molecule has 0 radical (unpaired) electrons. The van der Waals surface area contributed by atoms with Crippen LogP contribution in [0, 0.1) is 0 Å². The lowest BCUT2D eigenvalue weighted by Gasteiger charge is -2.19. The van der Waals surface area contributed by atoms with Crippen molar-refractivity contribution in [1.29, 1.82) is 0 Å². The highest BCUT2D eigenvalue weighted by Crippen LogP contribution is 2.18. The van der Waals surface area contributed by atoms with Crippen LogP contribution < -0.4 is 5.32 Å². The van der Waals surface area contributed by atoms with Gasteiger partial charge in [0.2, 0.25) is 5.91 Å². The third-order valence-electron chi connectivity index (χ3n) is 15.3. The SMILES string of the molecule is CC/C=C\C/C=C\C/C=C\C/C=C\CCCCCCCCCCCCCCCCCCCCCCCCCCCCCCC(=O)NC(CO)C(O)/C=C/CC/C=C/CC/C=C/CCCCCCCCCCCCCCC. The predicted molar refractivity (Wildman–Crippen MR) is 340 cm³/mol. The van der Waals surface area contributed by atoms with Crippen molar-refractivity contribution < 1.29 is 15.0 Å². The van der Waals surface area contributed by atoms with Crippen LogP contribution in [0.1, 0.15) is 348 Å². The molecule has 4 heteroatoms. The van der Waals surface area contributed by atoms with Crippen LogP contribution in [0.2, 0.25) is 0 Å². The Kier molecular flexibility index (Phi) is 64.7. The fraction of sp³-hybridized carbons (Fsp3) is 0.792. The summed E-state index contributed by atoms with van der Waals surface area (Å²) in [6.45, 7) is 4.21. The van der Waals surface area contributed by atoms with Crippen molar-refractivity contribution in [1.82, 2.24) is 5.32 Å². The second-order valence-corrected chi connectivity index (χ2v) is 22.8. The van der Waals surface area contributed by atoms with Crippen LogP contribution in [0.5, 0.6) is 0 Å². The molecular weight excluding hydrogens is 927 g/mol. The Balaban J connectivity index is 3.45. The Labute approximate surface area is 475 Å². The molecule has 0 aliphatic heterocycles. The molecule has 0 aliphatic rings. The number of allylic oxidation sites excluding steroid dienone is 13. The van der Waals surface area contributed by atoms with Crippen molar-refractivity contribution in [3.63, 3.8) is 0 Å². The van der Waals surface area contributed by atoms with Gasteiger partial charge in [-0.05, 0) is 83.5 Å². The van der Waals surface area contributed by atoms with Gasteiger partial charge in [0.15, 0.2) is 0 Å². The maximum atomic E-state index is 12.5. The first-order valence-electron chi connectivity index (χ1n) is 33.8. The lowest BCUT2D eigenvalue weighted by molar-refractivity contribution is -0.123. The molecule has 0 rings (SSSR count). The molecule has 442 valence electrons. The lowest BCUT2D eigenvalue weighted by Crippen LogP contribution is -2.45. The summed E-state index contributed by atoms with van der Waals surface area (Å²) < 4.78 is 0. The van der Waals surface area contributed by atoms with Crippen molar-refractivity contribution in [3.05, 3.63) is 85.1 Å². The van der Waals surface area contributed by atoms with E-state index in [1.54, 1.807) is 6.08 Å². The lowest BCUT2D eigenvalue weighted by atomic mass is 10.0. The topological polar surface area (TPSA) is 69.6 Å². The molecule has 0 aromatic carbocycles. The van der Waals surface area contributed by atoms with Gasteiger partial charge in [0.1, 0.15) is 0 Å². The van der Waals surface area contributed by atoms with Gasteiger partial charge in [-0.15, -0.1) is 0 Å². The van der Waals surface area contributed by atoms with E-state index in [0.29, 0.717) is 6.42 Å². The van der Waals surface area contributed by atoms with Gasteiger partial charge < -0.3 is 15.5 Å². The van der Waals surface area contributed by atoms with E-state index in [1.165, 1.54) is 263 Å². The summed E-state index contributed by atoms with van der Waals surface area (Å²) in [5.74, 6) is -0.0728. The Morgan fingerprint density at radius 3 is 0.921 bits per heavy atom. The molecule has 0 fully saturated rings. The highest BCUT2D eigenvalue weighted by atomic mass is 16.3. The van der Waals surface area contributed by atoms with E-state index < -0.39 is 12.1 Å². The van der Waals surface area contributed by atoms with Crippen molar-refractivity contribution in [2.24, 2.45) is 0 Å². The normalized spacial score (nSPS) is 13.3. The molecule has 0 bridgehead atoms. The van der Waals surface area contributed by atoms with Gasteiger partial charge in [-0.2, -0.15) is 0 Å². The number of rotatable bonds is 62. The van der Waals surface area contributed by atoms with Gasteiger partial charge in [0.05, 0.1) is 18.8 Å². The summed E-state index contributed by atoms with van der Waals surface area (Å²) in [6, 6.07) is -0.648. The van der Waals surface area contributed by atoms with Crippen LogP contribution >= 0.6 is 0 Å². The minimum Gasteiger partial charge on any atom is -0.394 e. The highest BCUT2D eigenvalue weighted by Gasteiger charge is 2.18. The summed E-state index contributed by atoms with van der Waals surface area (Å²) in [5, 5.41) is 23.2. The van der Waals surface area contributed by atoms with Crippen LogP contribution in [0.3, 0.4) is 0 Å². The molecule has 0 aromatic rings. The molecule has 0 spiro atoms. The number of hydrogen-bond acceptors (Lipinski definition) is 3. The van der Waals surface area contributed by atoms with E-state index in [9.17, 15) is 15.0 Å². The van der Waals surface area contributed by atoms with Crippen molar-refractivity contribution >= 4 is 5.91 Å². The molecule has 76 heavy (non-hydrogen) atoms. The van der Waals surface area contributed by atoms with E-state index in [1.807, 2.05) is 6.08 Å². The number of amides is 1. The van der Waals surface area contributed by atoms with E-state index in [-0.39, 0.29) is 12.5 Å². The average Bonchev–Trinajstić information content (AvgIpc) is 3.42. The molecule has 2 atom stereocenters. The van der Waals surface area contributed by atoms with Gasteiger partial charge >= 0.3 is 0 Å². The number of nitrogens with one attached hydrogen (secondary N) is 1. The van der Waals surface area contributed by atoms with Gasteiger partial charge in [-0.1, -0.05) is 343 Å². The molecule has 2 unspecified atom stereocenters. The Morgan fingerprint density at radius 2 is 0.592 bits per heavy atom. The summed E-state index contributed by atoms with van der Waals surface area (Å²) in [4.78, 5) is 12.5. The van der Waals surface area contributed by atoms with E-state index in [2.05, 4.69) is 92.1 Å². The van der Waals surface area contributed by atoms with Crippen LogP contribution in [-0.4, -0.2) is 34.9 Å². The third-order valence-corrected chi connectivity index (χ3v) is 15.3. The molecular formula is C72H131NO3. The number of carbonyl (C=O) groups excluding carboxylic acids is 1. The molecule has 1 amide bonds. The van der Waals surface area contributed by atoms with Gasteiger partial charge in [0, 0.05) is 6.42 Å². The van der Waals surface area contributed by atoms with Gasteiger partial charge in [-0.25, -0.2) is 0 Å². The number of aliphatic hydroxyl groups is 2. The minimum atomic E-state index is -0.873. The quantitative estimate of drug-likeness (QED) is 0.0420. The second-order valence-electron chi connectivity index (χ2n) is 22.8. The minimum absolute atomic E-state index is 0.0728. The van der Waals surface area contributed by atoms with Crippen LogP contribution in [-0.2, 0) is 4.79 Å². The molecule has 0 saturated carbocycles. The van der Waals surface area contributed by atoms with Gasteiger partial charge in [0.25, 0.3) is 0 Å². The van der Waals surface area contributed by atoms with Crippen LogP contribution in [0.15, 0.2) is 85.1 Å². The Morgan fingerprint density at radius 1 is 0.329 bits per heavy atom. The number of carbonyl (C=O) groups is 1. The fourth-order valence-electron chi connectivity index (χ4n) is 10.3. The predicted octanol–water partition coefficient (Wildman–Crippen LogP) is 23.0. The van der Waals surface area contributed by atoms with Crippen molar-refractivity contribution in [2.45, 2.75) is 360 Å². The Bertz CT molecular complexity index is 1340. The maximum absolute atomic E-state index is 12.5. The third kappa shape index (κ3) is 62.4. The average molecular weight is 1060 g/mol. The molecule has 0 aromatic heterocycles. The molecule has 0 heterocycles.